The van der Waals surface area contributed by atoms with Crippen molar-refractivity contribution in [2.45, 2.75) is 12.5 Å². The van der Waals surface area contributed by atoms with Gasteiger partial charge >= 0.3 is 6.01 Å². The predicted molar refractivity (Wildman–Crippen MR) is 117 cm³/mol. The van der Waals surface area contributed by atoms with Gasteiger partial charge in [-0.05, 0) is 29.8 Å². The highest BCUT2D eigenvalue weighted by Gasteiger charge is 2.24. The summed E-state index contributed by atoms with van der Waals surface area (Å²) >= 11 is 1.92. The summed E-state index contributed by atoms with van der Waals surface area (Å²) in [6.07, 6.45) is 0.556. The fourth-order valence-corrected chi connectivity index (χ4v) is 4.19. The molecule has 156 valence electrons. The molecule has 1 aliphatic heterocycles. The normalized spacial score (nSPS) is 14.9. The number of nitrogens with zero attached hydrogens (tertiary/aromatic N) is 3. The molecule has 0 bridgehead atoms. The first-order chi connectivity index (χ1) is 14.7. The number of carbonyl (C=O) groups excluding carboxylic acids is 1. The third-order valence-corrected chi connectivity index (χ3v) is 5.89. The van der Waals surface area contributed by atoms with E-state index >= 15 is 0 Å². The Morgan fingerprint density at radius 2 is 1.87 bits per heavy atom. The lowest BCUT2D eigenvalue weighted by atomic mass is 10.1. The van der Waals surface area contributed by atoms with Gasteiger partial charge in [-0.1, -0.05) is 35.4 Å². The van der Waals surface area contributed by atoms with E-state index in [-0.39, 0.29) is 5.91 Å². The fraction of sp³-hybridized carbons (Fsp3) is 0.318. The number of nitrogens with one attached hydrogen (secondary N) is 1. The monoisotopic (exact) mass is 424 g/mol. The van der Waals surface area contributed by atoms with Crippen molar-refractivity contribution in [2.75, 3.05) is 36.6 Å². The lowest BCUT2D eigenvalue weighted by Gasteiger charge is -2.24. The van der Waals surface area contributed by atoms with Crippen LogP contribution in [-0.4, -0.2) is 47.8 Å². The Labute approximate surface area is 179 Å². The third kappa shape index (κ3) is 4.94. The average molecular weight is 425 g/mol. The molecule has 2 heterocycles. The van der Waals surface area contributed by atoms with Crippen LogP contribution in [0.2, 0.25) is 0 Å². The van der Waals surface area contributed by atoms with E-state index in [0.29, 0.717) is 29.6 Å². The molecule has 1 aromatic heterocycles. The molecule has 30 heavy (non-hydrogen) atoms. The van der Waals surface area contributed by atoms with E-state index in [2.05, 4.69) is 20.4 Å². The molecule has 1 atom stereocenters. The largest absolute Gasteiger partial charge is 0.497 e. The summed E-state index contributed by atoms with van der Waals surface area (Å²) in [5, 5.41) is 11.6. The van der Waals surface area contributed by atoms with Crippen molar-refractivity contribution < 1.29 is 13.9 Å². The van der Waals surface area contributed by atoms with Gasteiger partial charge in [0.25, 0.3) is 5.91 Å². The van der Waals surface area contributed by atoms with E-state index in [1.807, 2.05) is 42.1 Å². The van der Waals surface area contributed by atoms with E-state index in [1.54, 1.807) is 31.4 Å². The molecule has 0 spiro atoms. The number of anilines is 1. The molecule has 4 rings (SSSR count). The number of carbonyl (C=O) groups is 1. The maximum Gasteiger partial charge on any atom is 0.318 e. The SMILES string of the molecule is COc1ccc(C(=O)N[C@H](Cc2ccccc2)c2nnc(N3CCSCC3)o2)cc1. The van der Waals surface area contributed by atoms with Crippen LogP contribution in [0, 0.1) is 0 Å². The highest BCUT2D eigenvalue weighted by Crippen LogP contribution is 2.24. The molecule has 0 aliphatic carbocycles. The van der Waals surface area contributed by atoms with E-state index in [9.17, 15) is 4.79 Å². The Balaban J connectivity index is 1.54. The number of benzene rings is 2. The maximum atomic E-state index is 12.9. The molecule has 7 nitrogen and oxygen atoms in total. The van der Waals surface area contributed by atoms with E-state index < -0.39 is 6.04 Å². The van der Waals surface area contributed by atoms with Crippen LogP contribution in [0.15, 0.2) is 59.0 Å². The first-order valence-electron chi connectivity index (χ1n) is 9.88. The molecule has 0 saturated carbocycles. The summed E-state index contributed by atoms with van der Waals surface area (Å²) in [7, 11) is 1.60. The topological polar surface area (TPSA) is 80.5 Å². The van der Waals surface area contributed by atoms with Gasteiger partial charge in [0.05, 0.1) is 7.11 Å². The number of methoxy groups -OCH3 is 1. The molecule has 0 unspecified atom stereocenters. The summed E-state index contributed by atoms with van der Waals surface area (Å²) in [6.45, 7) is 1.77. The van der Waals surface area contributed by atoms with Gasteiger partial charge in [-0.15, -0.1) is 5.10 Å². The average Bonchev–Trinajstić information content (AvgIpc) is 3.30. The van der Waals surface area contributed by atoms with Gasteiger partial charge in [0, 0.05) is 36.6 Å². The molecule has 1 N–H and O–H groups in total. The first kappa shape index (κ1) is 20.3. The van der Waals surface area contributed by atoms with Crippen molar-refractivity contribution in [1.82, 2.24) is 15.5 Å². The number of thioether (sulfide) groups is 1. The van der Waals surface area contributed by atoms with Crippen LogP contribution in [0.4, 0.5) is 6.01 Å². The highest BCUT2D eigenvalue weighted by molar-refractivity contribution is 7.99. The molecule has 0 radical (unpaired) electrons. The van der Waals surface area contributed by atoms with E-state index in [4.69, 9.17) is 9.15 Å². The van der Waals surface area contributed by atoms with Crippen molar-refractivity contribution in [1.29, 1.82) is 0 Å². The number of aromatic nitrogens is 2. The minimum absolute atomic E-state index is 0.201. The lowest BCUT2D eigenvalue weighted by molar-refractivity contribution is 0.0930. The molecule has 1 fully saturated rings. The number of amides is 1. The molecule has 1 aliphatic rings. The van der Waals surface area contributed by atoms with Crippen molar-refractivity contribution in [3.8, 4) is 5.75 Å². The second-order valence-electron chi connectivity index (χ2n) is 6.97. The number of hydrogen-bond acceptors (Lipinski definition) is 7. The minimum Gasteiger partial charge on any atom is -0.497 e. The number of ether oxygens (including phenoxy) is 1. The van der Waals surface area contributed by atoms with E-state index in [1.165, 1.54) is 0 Å². The molecular formula is C22H24N4O3S. The Hall–Kier alpha value is -3.00. The summed E-state index contributed by atoms with van der Waals surface area (Å²) in [4.78, 5) is 15.0. The van der Waals surface area contributed by atoms with Crippen LogP contribution in [0.3, 0.4) is 0 Å². The molecule has 3 aromatic rings. The Kier molecular flexibility index (Phi) is 6.53. The second-order valence-corrected chi connectivity index (χ2v) is 8.19. The number of hydrogen-bond donors (Lipinski definition) is 1. The van der Waals surface area contributed by atoms with Crippen LogP contribution >= 0.6 is 11.8 Å². The standard InChI is InChI=1S/C22H24N4O3S/c1-28-18-9-7-17(8-10-18)20(27)23-19(15-16-5-3-2-4-6-16)21-24-25-22(29-21)26-11-13-30-14-12-26/h2-10,19H,11-15H2,1H3,(H,23,27)/t19-/m1/s1. The highest BCUT2D eigenvalue weighted by atomic mass is 32.2. The van der Waals surface area contributed by atoms with Crippen LogP contribution in [0.5, 0.6) is 5.75 Å². The van der Waals surface area contributed by atoms with Gasteiger partial charge < -0.3 is 19.4 Å². The Bertz CT molecular complexity index is 956. The number of rotatable bonds is 7. The van der Waals surface area contributed by atoms with Crippen LogP contribution in [-0.2, 0) is 6.42 Å². The lowest BCUT2D eigenvalue weighted by Crippen LogP contribution is -2.32. The van der Waals surface area contributed by atoms with Gasteiger partial charge in [-0.2, -0.15) is 11.8 Å². The van der Waals surface area contributed by atoms with Crippen LogP contribution in [0.1, 0.15) is 27.9 Å². The Morgan fingerprint density at radius 1 is 1.13 bits per heavy atom. The molecule has 1 amide bonds. The molecule has 8 heteroatoms. The second kappa shape index (κ2) is 9.67. The molecule has 2 aromatic carbocycles. The van der Waals surface area contributed by atoms with Crippen molar-refractivity contribution >= 4 is 23.7 Å². The van der Waals surface area contributed by atoms with Gasteiger partial charge in [0.1, 0.15) is 11.8 Å². The van der Waals surface area contributed by atoms with Crippen LogP contribution in [0.25, 0.3) is 0 Å². The van der Waals surface area contributed by atoms with Gasteiger partial charge in [0.15, 0.2) is 0 Å². The predicted octanol–water partition coefficient (Wildman–Crippen LogP) is 3.35. The first-order valence-corrected chi connectivity index (χ1v) is 11.0. The van der Waals surface area contributed by atoms with Crippen molar-refractivity contribution in [2.24, 2.45) is 0 Å². The third-order valence-electron chi connectivity index (χ3n) is 4.95. The minimum atomic E-state index is -0.428. The maximum absolute atomic E-state index is 12.9. The van der Waals surface area contributed by atoms with E-state index in [0.717, 1.165) is 30.2 Å². The Morgan fingerprint density at radius 3 is 2.57 bits per heavy atom. The summed E-state index contributed by atoms with van der Waals surface area (Å²) in [5.41, 5.74) is 1.62. The molecular weight excluding hydrogens is 400 g/mol. The smallest absolute Gasteiger partial charge is 0.318 e. The zero-order valence-corrected chi connectivity index (χ0v) is 17.6. The van der Waals surface area contributed by atoms with Gasteiger partial charge in [-0.25, -0.2) is 0 Å². The summed E-state index contributed by atoms with van der Waals surface area (Å²) < 4.78 is 11.2. The van der Waals surface area contributed by atoms with Crippen LogP contribution < -0.4 is 15.0 Å². The fourth-order valence-electron chi connectivity index (χ4n) is 3.28. The zero-order chi connectivity index (χ0) is 20.8. The summed E-state index contributed by atoms with van der Waals surface area (Å²) in [6, 6.07) is 17.0. The summed E-state index contributed by atoms with van der Waals surface area (Å²) in [5.74, 6) is 2.99. The van der Waals surface area contributed by atoms with Crippen molar-refractivity contribution in [3.63, 3.8) is 0 Å². The van der Waals surface area contributed by atoms with Crippen molar-refractivity contribution in [3.05, 3.63) is 71.6 Å². The van der Waals surface area contributed by atoms with Gasteiger partial charge in [-0.3, -0.25) is 4.79 Å². The van der Waals surface area contributed by atoms with Gasteiger partial charge in [0.2, 0.25) is 5.89 Å². The molecule has 1 saturated heterocycles. The quantitative estimate of drug-likeness (QED) is 0.623. The zero-order valence-electron chi connectivity index (χ0n) is 16.8.